The number of nitrogens with one attached hydrogen (secondary N) is 1. The lowest BCUT2D eigenvalue weighted by molar-refractivity contribution is 0.602. The second-order valence-corrected chi connectivity index (χ2v) is 2.34. The van der Waals surface area contributed by atoms with Crippen LogP contribution in [0.25, 0.3) is 0 Å². The van der Waals surface area contributed by atoms with E-state index in [1.54, 1.807) is 6.20 Å². The molecule has 0 radical (unpaired) electrons. The third-order valence-corrected chi connectivity index (χ3v) is 1.43. The maximum atomic E-state index is 5.31. The van der Waals surface area contributed by atoms with E-state index in [0.29, 0.717) is 6.54 Å². The van der Waals surface area contributed by atoms with Crippen LogP contribution in [0, 0.1) is 0 Å². The fourth-order valence-corrected chi connectivity index (χ4v) is 0.854. The van der Waals surface area contributed by atoms with Gasteiger partial charge in [0.15, 0.2) is 0 Å². The fraction of sp³-hybridized carbons (Fsp3) is 0.571. The number of rotatable bonds is 5. The third kappa shape index (κ3) is 3.15. The van der Waals surface area contributed by atoms with E-state index in [2.05, 4.69) is 10.3 Å². The summed E-state index contributed by atoms with van der Waals surface area (Å²) in [6.45, 7) is 3.49. The van der Waals surface area contributed by atoms with E-state index < -0.39 is 0 Å². The summed E-state index contributed by atoms with van der Waals surface area (Å²) in [6, 6.07) is 0. The second-order valence-electron chi connectivity index (χ2n) is 2.34. The van der Waals surface area contributed by atoms with E-state index in [-0.39, 0.29) is 0 Å². The molecule has 0 bridgehead atoms. The van der Waals surface area contributed by atoms with Gasteiger partial charge in [-0.25, -0.2) is 4.98 Å². The van der Waals surface area contributed by atoms with Crippen LogP contribution in [0.15, 0.2) is 18.7 Å². The van der Waals surface area contributed by atoms with Gasteiger partial charge in [-0.2, -0.15) is 0 Å². The molecule has 11 heavy (non-hydrogen) atoms. The Hall–Kier alpha value is -0.870. The lowest BCUT2D eigenvalue weighted by Gasteiger charge is -2.02. The normalized spacial score (nSPS) is 10.3. The van der Waals surface area contributed by atoms with Crippen molar-refractivity contribution in [3.05, 3.63) is 18.7 Å². The van der Waals surface area contributed by atoms with Crippen LogP contribution < -0.4 is 11.1 Å². The minimum absolute atomic E-state index is 0.698. The quantitative estimate of drug-likeness (QED) is 0.558. The zero-order valence-electron chi connectivity index (χ0n) is 6.53. The van der Waals surface area contributed by atoms with Gasteiger partial charge in [-0.15, -0.1) is 0 Å². The Bertz CT molecular complexity index is 171. The molecule has 0 aliphatic rings. The smallest absolute Gasteiger partial charge is 0.0946 e. The van der Waals surface area contributed by atoms with Crippen molar-refractivity contribution in [2.24, 2.45) is 5.73 Å². The predicted octanol–water partition coefficient (Wildman–Crippen LogP) is -0.569. The van der Waals surface area contributed by atoms with Gasteiger partial charge in [-0.1, -0.05) is 0 Å². The number of hydrogen-bond acceptors (Lipinski definition) is 3. The van der Waals surface area contributed by atoms with Crippen LogP contribution in [0.5, 0.6) is 0 Å². The van der Waals surface area contributed by atoms with E-state index >= 15 is 0 Å². The number of imidazole rings is 1. The first-order valence-corrected chi connectivity index (χ1v) is 3.80. The van der Waals surface area contributed by atoms with Crippen LogP contribution in [0.4, 0.5) is 0 Å². The van der Waals surface area contributed by atoms with E-state index in [9.17, 15) is 0 Å². The molecule has 0 aliphatic heterocycles. The summed E-state index contributed by atoms with van der Waals surface area (Å²) in [5, 5.41) is 3.20. The van der Waals surface area contributed by atoms with Crippen molar-refractivity contribution >= 4 is 0 Å². The Kier molecular flexibility index (Phi) is 3.64. The fourth-order valence-electron chi connectivity index (χ4n) is 0.854. The highest BCUT2D eigenvalue weighted by Crippen LogP contribution is 1.82. The monoisotopic (exact) mass is 154 g/mol. The number of hydrogen-bond donors (Lipinski definition) is 2. The van der Waals surface area contributed by atoms with E-state index in [0.717, 1.165) is 19.6 Å². The van der Waals surface area contributed by atoms with Gasteiger partial charge in [0.2, 0.25) is 0 Å². The van der Waals surface area contributed by atoms with Gasteiger partial charge < -0.3 is 15.6 Å². The number of nitrogens with two attached hydrogens (primary N) is 1. The van der Waals surface area contributed by atoms with Crippen molar-refractivity contribution in [1.82, 2.24) is 14.9 Å². The highest BCUT2D eigenvalue weighted by molar-refractivity contribution is 4.73. The minimum atomic E-state index is 0.698. The molecule has 1 aromatic heterocycles. The number of nitrogens with zero attached hydrogens (tertiary/aromatic N) is 2. The Morgan fingerprint density at radius 3 is 3.00 bits per heavy atom. The summed E-state index contributed by atoms with van der Waals surface area (Å²) < 4.78 is 2.03. The van der Waals surface area contributed by atoms with Crippen molar-refractivity contribution in [3.8, 4) is 0 Å². The van der Waals surface area contributed by atoms with Crippen molar-refractivity contribution < 1.29 is 0 Å². The summed E-state index contributed by atoms with van der Waals surface area (Å²) in [5.41, 5.74) is 5.31. The van der Waals surface area contributed by atoms with Crippen LogP contribution >= 0.6 is 0 Å². The average molecular weight is 154 g/mol. The summed E-state index contributed by atoms with van der Waals surface area (Å²) in [6.07, 6.45) is 5.54. The zero-order valence-corrected chi connectivity index (χ0v) is 6.53. The molecule has 1 heterocycles. The Labute approximate surface area is 66.4 Å². The standard InChI is InChI=1S/C7H14N4/c8-1-2-9-3-5-11-6-4-10-7-11/h4,6-7,9H,1-3,5,8H2. The van der Waals surface area contributed by atoms with Crippen LogP contribution in [0.3, 0.4) is 0 Å². The van der Waals surface area contributed by atoms with E-state index in [1.807, 2.05) is 17.1 Å². The summed E-state index contributed by atoms with van der Waals surface area (Å²) in [4.78, 5) is 3.93. The van der Waals surface area contributed by atoms with Crippen LogP contribution in [-0.2, 0) is 6.54 Å². The molecule has 62 valence electrons. The third-order valence-electron chi connectivity index (χ3n) is 1.43. The van der Waals surface area contributed by atoms with Gasteiger partial charge >= 0.3 is 0 Å². The molecule has 0 saturated heterocycles. The molecule has 1 aromatic rings. The Balaban J connectivity index is 2.04. The van der Waals surface area contributed by atoms with Crippen LogP contribution in [-0.4, -0.2) is 29.2 Å². The molecular weight excluding hydrogens is 140 g/mol. The molecule has 0 amide bonds. The van der Waals surface area contributed by atoms with Crippen molar-refractivity contribution in [1.29, 1.82) is 0 Å². The summed E-state index contributed by atoms with van der Waals surface area (Å²) in [5.74, 6) is 0. The van der Waals surface area contributed by atoms with Crippen LogP contribution in [0.1, 0.15) is 0 Å². The van der Waals surface area contributed by atoms with Gasteiger partial charge in [0.05, 0.1) is 6.33 Å². The van der Waals surface area contributed by atoms with Gasteiger partial charge in [-0.3, -0.25) is 0 Å². The molecule has 0 atom stereocenters. The molecule has 0 aromatic carbocycles. The summed E-state index contributed by atoms with van der Waals surface area (Å²) >= 11 is 0. The summed E-state index contributed by atoms with van der Waals surface area (Å²) in [7, 11) is 0. The van der Waals surface area contributed by atoms with Crippen molar-refractivity contribution in [3.63, 3.8) is 0 Å². The highest BCUT2D eigenvalue weighted by atomic mass is 15.0. The van der Waals surface area contributed by atoms with Crippen LogP contribution in [0.2, 0.25) is 0 Å². The SMILES string of the molecule is NCCNCCn1ccnc1. The maximum Gasteiger partial charge on any atom is 0.0946 e. The highest BCUT2D eigenvalue weighted by Gasteiger charge is 1.87. The van der Waals surface area contributed by atoms with E-state index in [4.69, 9.17) is 5.73 Å². The van der Waals surface area contributed by atoms with Gasteiger partial charge in [-0.05, 0) is 0 Å². The first-order chi connectivity index (χ1) is 5.43. The average Bonchev–Trinajstić information content (AvgIpc) is 2.50. The van der Waals surface area contributed by atoms with Gasteiger partial charge in [0, 0.05) is 38.6 Å². The lowest BCUT2D eigenvalue weighted by atomic mass is 10.5. The van der Waals surface area contributed by atoms with E-state index in [1.165, 1.54) is 0 Å². The van der Waals surface area contributed by atoms with Crippen molar-refractivity contribution in [2.45, 2.75) is 6.54 Å². The largest absolute Gasteiger partial charge is 0.336 e. The second kappa shape index (κ2) is 4.87. The molecule has 0 unspecified atom stereocenters. The first kappa shape index (κ1) is 8.23. The molecule has 4 nitrogen and oxygen atoms in total. The molecule has 4 heteroatoms. The maximum absolute atomic E-state index is 5.31. The van der Waals surface area contributed by atoms with Crippen molar-refractivity contribution in [2.75, 3.05) is 19.6 Å². The Morgan fingerprint density at radius 2 is 2.36 bits per heavy atom. The Morgan fingerprint density at radius 1 is 1.45 bits per heavy atom. The molecular formula is C7H14N4. The number of aromatic nitrogens is 2. The molecule has 0 spiro atoms. The first-order valence-electron chi connectivity index (χ1n) is 3.80. The zero-order chi connectivity index (χ0) is 7.94. The molecule has 3 N–H and O–H groups in total. The minimum Gasteiger partial charge on any atom is -0.336 e. The topological polar surface area (TPSA) is 55.9 Å². The van der Waals surface area contributed by atoms with Gasteiger partial charge in [0.25, 0.3) is 0 Å². The predicted molar refractivity (Wildman–Crippen MR) is 44.2 cm³/mol. The lowest BCUT2D eigenvalue weighted by Crippen LogP contribution is -2.25. The molecule has 0 fully saturated rings. The molecule has 0 aliphatic carbocycles. The van der Waals surface area contributed by atoms with Gasteiger partial charge in [0.1, 0.15) is 0 Å². The molecule has 0 saturated carbocycles. The molecule has 1 rings (SSSR count).